The molecule has 0 spiro atoms. The van der Waals surface area contributed by atoms with Crippen molar-refractivity contribution in [1.82, 2.24) is 9.55 Å². The van der Waals surface area contributed by atoms with Crippen LogP contribution in [0.15, 0.2) is 87.4 Å². The molecule has 0 aliphatic heterocycles. The molecule has 0 saturated heterocycles. The smallest absolute Gasteiger partial charge is 0.268 e. The molecule has 5 rings (SSSR count). The number of rotatable bonds is 8. The van der Waals surface area contributed by atoms with Crippen molar-refractivity contribution in [2.75, 3.05) is 5.75 Å². The number of aromatic nitrogens is 2. The topological polar surface area (TPSA) is 52.0 Å². The highest BCUT2D eigenvalue weighted by molar-refractivity contribution is 7.99. The SMILES string of the molecule is CC[C@H](C)c1ccc(C(=O)CSc2nc3scc(-c4cccs4)c3c(=O)n2-c2ccccc2)cc1. The number of nitrogens with zero attached hydrogens (tertiary/aromatic N) is 2. The normalized spacial score (nSPS) is 12.2. The van der Waals surface area contributed by atoms with Gasteiger partial charge in [0.05, 0.1) is 16.8 Å². The Kier molecular flexibility index (Phi) is 7.00. The summed E-state index contributed by atoms with van der Waals surface area (Å²) in [6.45, 7) is 4.35. The van der Waals surface area contributed by atoms with Gasteiger partial charge in [0.2, 0.25) is 0 Å². The highest BCUT2D eigenvalue weighted by Gasteiger charge is 2.20. The lowest BCUT2D eigenvalue weighted by atomic mass is 9.97. The molecule has 4 nitrogen and oxygen atoms in total. The summed E-state index contributed by atoms with van der Waals surface area (Å²) in [4.78, 5) is 33.4. The minimum absolute atomic E-state index is 0.0186. The number of ketones is 1. The first kappa shape index (κ1) is 23.7. The molecule has 3 heterocycles. The summed E-state index contributed by atoms with van der Waals surface area (Å²) in [7, 11) is 0. The van der Waals surface area contributed by atoms with E-state index in [0.717, 1.165) is 22.5 Å². The number of benzene rings is 2. The Morgan fingerprint density at radius 3 is 2.49 bits per heavy atom. The standard InChI is InChI=1S/C28H24N2O2S3/c1-3-18(2)19-11-13-20(14-12-19)23(31)17-35-28-29-26-25(22(16-34-26)24-10-7-15-33-24)27(32)30(28)21-8-5-4-6-9-21/h4-16,18H,3,17H2,1-2H3/t18-/m0/s1. The van der Waals surface area contributed by atoms with E-state index in [0.29, 0.717) is 26.9 Å². The predicted molar refractivity (Wildman–Crippen MR) is 149 cm³/mol. The first-order valence-corrected chi connectivity index (χ1v) is 14.2. The van der Waals surface area contributed by atoms with Crippen LogP contribution in [0.2, 0.25) is 0 Å². The van der Waals surface area contributed by atoms with Crippen molar-refractivity contribution in [3.05, 3.63) is 99.0 Å². The lowest BCUT2D eigenvalue weighted by Gasteiger charge is -2.12. The van der Waals surface area contributed by atoms with Crippen LogP contribution in [0.1, 0.15) is 42.1 Å². The van der Waals surface area contributed by atoms with E-state index in [2.05, 4.69) is 13.8 Å². The van der Waals surface area contributed by atoms with Crippen LogP contribution in [0, 0.1) is 0 Å². The molecular weight excluding hydrogens is 493 g/mol. The Morgan fingerprint density at radius 1 is 1.03 bits per heavy atom. The third-order valence-corrected chi connectivity index (χ3v) is 8.84. The van der Waals surface area contributed by atoms with E-state index in [4.69, 9.17) is 4.98 Å². The first-order chi connectivity index (χ1) is 17.1. The molecule has 0 fully saturated rings. The van der Waals surface area contributed by atoms with Gasteiger partial charge in [0.25, 0.3) is 5.56 Å². The fourth-order valence-electron chi connectivity index (χ4n) is 3.93. The fourth-order valence-corrected chi connectivity index (χ4v) is 6.64. The van der Waals surface area contributed by atoms with Crippen LogP contribution < -0.4 is 5.56 Å². The molecule has 0 saturated carbocycles. The van der Waals surface area contributed by atoms with Gasteiger partial charge in [-0.05, 0) is 41.5 Å². The van der Waals surface area contributed by atoms with Crippen LogP contribution in [0.25, 0.3) is 26.3 Å². The summed E-state index contributed by atoms with van der Waals surface area (Å²) in [5, 5.41) is 5.15. The van der Waals surface area contributed by atoms with Gasteiger partial charge in [0.15, 0.2) is 10.9 Å². The van der Waals surface area contributed by atoms with Crippen LogP contribution in [0.4, 0.5) is 0 Å². The number of para-hydroxylation sites is 1. The van der Waals surface area contributed by atoms with Crippen LogP contribution >= 0.6 is 34.4 Å². The van der Waals surface area contributed by atoms with E-state index in [1.165, 1.54) is 28.7 Å². The molecule has 0 bridgehead atoms. The second-order valence-electron chi connectivity index (χ2n) is 8.32. The third-order valence-electron chi connectivity index (χ3n) is 6.12. The number of fused-ring (bicyclic) bond motifs is 1. The van der Waals surface area contributed by atoms with Crippen LogP contribution in [0.3, 0.4) is 0 Å². The van der Waals surface area contributed by atoms with Crippen LogP contribution in [-0.4, -0.2) is 21.1 Å². The van der Waals surface area contributed by atoms with E-state index in [-0.39, 0.29) is 17.1 Å². The average molecular weight is 517 g/mol. The predicted octanol–water partition coefficient (Wildman–Crippen LogP) is 7.66. The molecule has 35 heavy (non-hydrogen) atoms. The van der Waals surface area contributed by atoms with Gasteiger partial charge in [-0.1, -0.05) is 74.1 Å². The van der Waals surface area contributed by atoms with Crippen LogP contribution in [0.5, 0.6) is 0 Å². The molecule has 0 aliphatic carbocycles. The summed E-state index contributed by atoms with van der Waals surface area (Å²) in [6, 6.07) is 21.4. The molecule has 1 atom stereocenters. The highest BCUT2D eigenvalue weighted by Crippen LogP contribution is 2.35. The van der Waals surface area contributed by atoms with E-state index in [1.807, 2.05) is 77.5 Å². The summed E-state index contributed by atoms with van der Waals surface area (Å²) in [5.74, 6) is 0.691. The van der Waals surface area contributed by atoms with Crippen molar-refractivity contribution in [1.29, 1.82) is 0 Å². The Labute approximate surface area is 216 Å². The van der Waals surface area contributed by atoms with Crippen molar-refractivity contribution in [3.63, 3.8) is 0 Å². The minimum atomic E-state index is -0.112. The summed E-state index contributed by atoms with van der Waals surface area (Å²) in [6.07, 6.45) is 1.06. The maximum Gasteiger partial charge on any atom is 0.268 e. The first-order valence-electron chi connectivity index (χ1n) is 11.5. The highest BCUT2D eigenvalue weighted by atomic mass is 32.2. The lowest BCUT2D eigenvalue weighted by Crippen LogP contribution is -2.22. The number of hydrogen-bond acceptors (Lipinski definition) is 6. The molecule has 3 aromatic heterocycles. The molecule has 0 N–H and O–H groups in total. The molecule has 0 aliphatic rings. The van der Waals surface area contributed by atoms with Gasteiger partial charge >= 0.3 is 0 Å². The number of carbonyl (C=O) groups excluding carboxylic acids is 1. The van der Waals surface area contributed by atoms with Crippen molar-refractivity contribution in [2.24, 2.45) is 0 Å². The van der Waals surface area contributed by atoms with Gasteiger partial charge in [-0.15, -0.1) is 22.7 Å². The van der Waals surface area contributed by atoms with Gasteiger partial charge in [-0.2, -0.15) is 0 Å². The fraction of sp³-hybridized carbons (Fsp3) is 0.179. The Bertz CT molecular complexity index is 1520. The molecule has 0 amide bonds. The zero-order chi connectivity index (χ0) is 24.4. The second-order valence-corrected chi connectivity index (χ2v) is 11.1. The lowest BCUT2D eigenvalue weighted by molar-refractivity contribution is 0.102. The number of Topliss-reactive ketones (excluding diaryl/α,β-unsaturated/α-hetero) is 1. The maximum atomic E-state index is 13.8. The van der Waals surface area contributed by atoms with Gasteiger partial charge in [-0.3, -0.25) is 14.2 Å². The van der Waals surface area contributed by atoms with Crippen molar-refractivity contribution >= 4 is 50.4 Å². The van der Waals surface area contributed by atoms with Crippen molar-refractivity contribution in [2.45, 2.75) is 31.3 Å². The monoisotopic (exact) mass is 516 g/mol. The molecule has 0 radical (unpaired) electrons. The summed E-state index contributed by atoms with van der Waals surface area (Å²) >= 11 is 4.38. The Balaban J connectivity index is 1.51. The van der Waals surface area contributed by atoms with E-state index in [9.17, 15) is 9.59 Å². The third kappa shape index (κ3) is 4.76. The van der Waals surface area contributed by atoms with Gasteiger partial charge in [0.1, 0.15) is 4.83 Å². The van der Waals surface area contributed by atoms with E-state index >= 15 is 0 Å². The molecule has 0 unspecified atom stereocenters. The molecular formula is C28H24N2O2S3. The Morgan fingerprint density at radius 2 is 1.80 bits per heavy atom. The zero-order valence-electron chi connectivity index (χ0n) is 19.4. The van der Waals surface area contributed by atoms with Crippen molar-refractivity contribution in [3.8, 4) is 16.1 Å². The quantitative estimate of drug-likeness (QED) is 0.121. The summed E-state index contributed by atoms with van der Waals surface area (Å²) < 4.78 is 1.64. The van der Waals surface area contributed by atoms with Gasteiger partial charge in [0, 0.05) is 21.4 Å². The number of hydrogen-bond donors (Lipinski definition) is 0. The van der Waals surface area contributed by atoms with Crippen molar-refractivity contribution < 1.29 is 4.79 Å². The maximum absolute atomic E-state index is 13.8. The molecule has 7 heteroatoms. The van der Waals surface area contributed by atoms with E-state index in [1.54, 1.807) is 15.9 Å². The van der Waals surface area contributed by atoms with Gasteiger partial charge in [-0.25, -0.2) is 4.98 Å². The molecule has 5 aromatic rings. The summed E-state index contributed by atoms with van der Waals surface area (Å²) in [5.41, 5.74) is 3.45. The van der Waals surface area contributed by atoms with Gasteiger partial charge < -0.3 is 0 Å². The van der Waals surface area contributed by atoms with Crippen LogP contribution in [-0.2, 0) is 0 Å². The number of carbonyl (C=O) groups is 1. The second kappa shape index (κ2) is 10.3. The Hall–Kier alpha value is -3.00. The van der Waals surface area contributed by atoms with E-state index < -0.39 is 0 Å². The average Bonchev–Trinajstić information content (AvgIpc) is 3.57. The zero-order valence-corrected chi connectivity index (χ0v) is 21.9. The molecule has 2 aromatic carbocycles. The molecule has 176 valence electrons. The minimum Gasteiger partial charge on any atom is -0.293 e. The number of thiophene rings is 2. The largest absolute Gasteiger partial charge is 0.293 e. The number of thioether (sulfide) groups is 1.